The Bertz CT molecular complexity index is 994. The molecule has 3 rings (SSSR count). The molecule has 2 N–H and O–H groups in total. The summed E-state index contributed by atoms with van der Waals surface area (Å²) in [5.41, 5.74) is 1.55. The second kappa shape index (κ2) is 9.17. The molecule has 2 aromatic carbocycles. The van der Waals surface area contributed by atoms with Crippen LogP contribution in [-0.2, 0) is 17.8 Å². The number of aryl methyl sites for hydroxylation is 1. The highest BCUT2D eigenvalue weighted by atomic mass is 16.5. The maximum atomic E-state index is 12.1. The molecule has 0 aliphatic rings. The third kappa shape index (κ3) is 5.42. The zero-order valence-corrected chi connectivity index (χ0v) is 16.2. The molecule has 0 unspecified atom stereocenters. The normalized spacial score (nSPS) is 11.0. The van der Waals surface area contributed by atoms with Crippen LogP contribution in [0, 0.1) is 0 Å². The molecule has 1 aromatic heterocycles. The zero-order chi connectivity index (χ0) is 19.9. The van der Waals surface area contributed by atoms with E-state index < -0.39 is 0 Å². The Morgan fingerprint density at radius 1 is 1.14 bits per heavy atom. The molecule has 1 amide bonds. The summed E-state index contributed by atoms with van der Waals surface area (Å²) in [5.74, 6) is 1.41. The van der Waals surface area contributed by atoms with Gasteiger partial charge in [-0.25, -0.2) is 4.98 Å². The molecule has 3 aromatic rings. The first-order valence-electron chi connectivity index (χ1n) is 9.51. The number of fused-ring (bicyclic) bond motifs is 1. The van der Waals surface area contributed by atoms with Crippen molar-refractivity contribution in [1.82, 2.24) is 15.3 Å². The van der Waals surface area contributed by atoms with Crippen molar-refractivity contribution in [3.05, 3.63) is 70.3 Å². The molecular formula is C22H25N3O3. The van der Waals surface area contributed by atoms with Crippen molar-refractivity contribution < 1.29 is 9.53 Å². The predicted molar refractivity (Wildman–Crippen MR) is 109 cm³/mol. The van der Waals surface area contributed by atoms with Gasteiger partial charge < -0.3 is 15.0 Å². The van der Waals surface area contributed by atoms with Gasteiger partial charge in [-0.1, -0.05) is 24.3 Å². The fraction of sp³-hybridized carbons (Fsp3) is 0.318. The van der Waals surface area contributed by atoms with Crippen LogP contribution in [0.5, 0.6) is 5.75 Å². The van der Waals surface area contributed by atoms with E-state index in [-0.39, 0.29) is 17.6 Å². The summed E-state index contributed by atoms with van der Waals surface area (Å²) >= 11 is 0. The number of hydrogen-bond acceptors (Lipinski definition) is 4. The number of aromatic nitrogens is 2. The molecule has 0 fully saturated rings. The van der Waals surface area contributed by atoms with Gasteiger partial charge in [-0.15, -0.1) is 0 Å². The lowest BCUT2D eigenvalue weighted by Gasteiger charge is -2.10. The number of nitrogens with zero attached hydrogens (tertiary/aromatic N) is 1. The standard InChI is InChI=1S/C22H25N3O3/c1-15(2)28-17-12-10-16(11-13-17)14-23-21(26)9-5-8-20-24-19-7-4-3-6-18(19)22(27)25-20/h3-4,6-7,10-13,15H,5,8-9,14H2,1-2H3,(H,23,26)(H,24,25,27). The topological polar surface area (TPSA) is 84.1 Å². The molecule has 0 saturated heterocycles. The summed E-state index contributed by atoms with van der Waals surface area (Å²) in [6.45, 7) is 4.44. The summed E-state index contributed by atoms with van der Waals surface area (Å²) < 4.78 is 5.61. The highest BCUT2D eigenvalue weighted by Gasteiger charge is 2.06. The summed E-state index contributed by atoms with van der Waals surface area (Å²) in [7, 11) is 0. The van der Waals surface area contributed by atoms with Crippen molar-refractivity contribution >= 4 is 16.8 Å². The number of aromatic amines is 1. The third-order valence-corrected chi connectivity index (χ3v) is 4.26. The van der Waals surface area contributed by atoms with Crippen LogP contribution in [0.3, 0.4) is 0 Å². The van der Waals surface area contributed by atoms with E-state index in [1.807, 2.05) is 56.3 Å². The Hall–Kier alpha value is -3.15. The van der Waals surface area contributed by atoms with Gasteiger partial charge in [-0.05, 0) is 50.1 Å². The van der Waals surface area contributed by atoms with Gasteiger partial charge in [-0.3, -0.25) is 9.59 Å². The molecule has 146 valence electrons. The first-order valence-corrected chi connectivity index (χ1v) is 9.51. The van der Waals surface area contributed by atoms with E-state index in [0.29, 0.717) is 42.5 Å². The summed E-state index contributed by atoms with van der Waals surface area (Å²) in [5, 5.41) is 3.49. The molecule has 6 heteroatoms. The van der Waals surface area contributed by atoms with Gasteiger partial charge in [0, 0.05) is 19.4 Å². The first-order chi connectivity index (χ1) is 13.5. The molecule has 0 radical (unpaired) electrons. The predicted octanol–water partition coefficient (Wildman–Crippen LogP) is 3.35. The quantitative estimate of drug-likeness (QED) is 0.629. The van der Waals surface area contributed by atoms with Crippen molar-refractivity contribution in [3.63, 3.8) is 0 Å². The van der Waals surface area contributed by atoms with Crippen molar-refractivity contribution in [2.45, 2.75) is 45.8 Å². The van der Waals surface area contributed by atoms with Gasteiger partial charge in [0.2, 0.25) is 5.91 Å². The molecule has 0 saturated carbocycles. The summed E-state index contributed by atoms with van der Waals surface area (Å²) in [4.78, 5) is 31.4. The highest BCUT2D eigenvalue weighted by molar-refractivity contribution is 5.77. The van der Waals surface area contributed by atoms with Gasteiger partial charge in [0.05, 0.1) is 17.0 Å². The number of benzene rings is 2. The number of carbonyl (C=O) groups is 1. The number of H-pyrrole nitrogens is 1. The fourth-order valence-electron chi connectivity index (χ4n) is 2.92. The largest absolute Gasteiger partial charge is 0.491 e. The minimum absolute atomic E-state index is 0.0226. The first kappa shape index (κ1) is 19.6. The van der Waals surface area contributed by atoms with Crippen LogP contribution in [0.2, 0.25) is 0 Å². The maximum absolute atomic E-state index is 12.1. The lowest BCUT2D eigenvalue weighted by Crippen LogP contribution is -2.22. The molecule has 1 heterocycles. The van der Waals surface area contributed by atoms with E-state index in [1.165, 1.54) is 0 Å². The Labute approximate surface area is 164 Å². The number of amides is 1. The van der Waals surface area contributed by atoms with Crippen molar-refractivity contribution in [3.8, 4) is 5.75 Å². The van der Waals surface area contributed by atoms with Crippen LogP contribution in [-0.4, -0.2) is 22.0 Å². The Balaban J connectivity index is 1.45. The number of hydrogen-bond donors (Lipinski definition) is 2. The van der Waals surface area contributed by atoms with Crippen molar-refractivity contribution in [2.24, 2.45) is 0 Å². The number of rotatable bonds is 8. The molecular weight excluding hydrogens is 354 g/mol. The summed E-state index contributed by atoms with van der Waals surface area (Å²) in [6.07, 6.45) is 1.69. The van der Waals surface area contributed by atoms with Crippen LogP contribution in [0.15, 0.2) is 53.3 Å². The Kier molecular flexibility index (Phi) is 6.42. The molecule has 0 aliphatic carbocycles. The van der Waals surface area contributed by atoms with Gasteiger partial charge in [0.25, 0.3) is 5.56 Å². The van der Waals surface area contributed by atoms with E-state index in [9.17, 15) is 9.59 Å². The Morgan fingerprint density at radius 3 is 2.64 bits per heavy atom. The lowest BCUT2D eigenvalue weighted by atomic mass is 10.2. The lowest BCUT2D eigenvalue weighted by molar-refractivity contribution is -0.121. The smallest absolute Gasteiger partial charge is 0.258 e. The molecule has 6 nitrogen and oxygen atoms in total. The van der Waals surface area contributed by atoms with E-state index in [4.69, 9.17) is 4.74 Å². The van der Waals surface area contributed by atoms with Crippen LogP contribution >= 0.6 is 0 Å². The van der Waals surface area contributed by atoms with E-state index >= 15 is 0 Å². The van der Waals surface area contributed by atoms with Crippen LogP contribution in [0.4, 0.5) is 0 Å². The number of ether oxygens (including phenoxy) is 1. The van der Waals surface area contributed by atoms with Gasteiger partial charge >= 0.3 is 0 Å². The SMILES string of the molecule is CC(C)Oc1ccc(CNC(=O)CCCc2nc3ccccc3c(=O)[nH]2)cc1. The number of nitrogens with one attached hydrogen (secondary N) is 2. The molecule has 0 atom stereocenters. The maximum Gasteiger partial charge on any atom is 0.258 e. The molecule has 0 spiro atoms. The molecule has 28 heavy (non-hydrogen) atoms. The van der Waals surface area contributed by atoms with Crippen LogP contribution < -0.4 is 15.6 Å². The monoisotopic (exact) mass is 379 g/mol. The van der Waals surface area contributed by atoms with Crippen LogP contribution in [0.25, 0.3) is 10.9 Å². The summed E-state index contributed by atoms with van der Waals surface area (Å²) in [6, 6.07) is 14.9. The van der Waals surface area contributed by atoms with Gasteiger partial charge in [0.15, 0.2) is 0 Å². The van der Waals surface area contributed by atoms with Crippen molar-refractivity contribution in [2.75, 3.05) is 0 Å². The average molecular weight is 379 g/mol. The van der Waals surface area contributed by atoms with Gasteiger partial charge in [-0.2, -0.15) is 0 Å². The average Bonchev–Trinajstić information content (AvgIpc) is 2.67. The number of carbonyl (C=O) groups excluding carboxylic acids is 1. The Morgan fingerprint density at radius 2 is 1.89 bits per heavy atom. The minimum Gasteiger partial charge on any atom is -0.491 e. The van der Waals surface area contributed by atoms with Crippen molar-refractivity contribution in [1.29, 1.82) is 0 Å². The van der Waals surface area contributed by atoms with E-state index in [1.54, 1.807) is 6.07 Å². The second-order valence-electron chi connectivity index (χ2n) is 6.97. The zero-order valence-electron chi connectivity index (χ0n) is 16.2. The highest BCUT2D eigenvalue weighted by Crippen LogP contribution is 2.14. The van der Waals surface area contributed by atoms with Gasteiger partial charge in [0.1, 0.15) is 11.6 Å². The molecule has 0 aliphatic heterocycles. The van der Waals surface area contributed by atoms with E-state index in [0.717, 1.165) is 11.3 Å². The fourth-order valence-corrected chi connectivity index (χ4v) is 2.92. The van der Waals surface area contributed by atoms with E-state index in [2.05, 4.69) is 15.3 Å². The number of para-hydroxylation sites is 1. The molecule has 0 bridgehead atoms. The minimum atomic E-state index is -0.144. The third-order valence-electron chi connectivity index (χ3n) is 4.26. The van der Waals surface area contributed by atoms with Crippen LogP contribution in [0.1, 0.15) is 38.1 Å². The second-order valence-corrected chi connectivity index (χ2v) is 6.97.